The van der Waals surface area contributed by atoms with Crippen molar-refractivity contribution >= 4 is 33.4 Å². The van der Waals surface area contributed by atoms with Gasteiger partial charge in [-0.3, -0.25) is 9.52 Å². The second-order valence-corrected chi connectivity index (χ2v) is 9.19. The number of benzene rings is 3. The third kappa shape index (κ3) is 6.10. The third-order valence-electron chi connectivity index (χ3n) is 4.12. The molecule has 0 aliphatic carbocycles. The van der Waals surface area contributed by atoms with E-state index in [0.717, 1.165) is 15.4 Å². The highest BCUT2D eigenvalue weighted by molar-refractivity contribution is 7.99. The van der Waals surface area contributed by atoms with E-state index in [9.17, 15) is 13.2 Å². The number of amides is 1. The molecule has 0 spiro atoms. The first kappa shape index (κ1) is 21.0. The average Bonchev–Trinajstić information content (AvgIpc) is 2.70. The number of hydrogen-bond donors (Lipinski definition) is 2. The second-order valence-electron chi connectivity index (χ2n) is 6.39. The molecule has 3 rings (SSSR count). The van der Waals surface area contributed by atoms with Gasteiger partial charge in [0.25, 0.3) is 10.0 Å². The lowest BCUT2D eigenvalue weighted by Crippen LogP contribution is -2.22. The van der Waals surface area contributed by atoms with Crippen molar-refractivity contribution in [3.05, 3.63) is 84.4 Å². The molecule has 1 amide bonds. The van der Waals surface area contributed by atoms with Gasteiger partial charge < -0.3 is 5.32 Å². The smallest absolute Gasteiger partial charge is 0.261 e. The highest BCUT2D eigenvalue weighted by Crippen LogP contribution is 2.34. The summed E-state index contributed by atoms with van der Waals surface area (Å²) in [5, 5.41) is 2.73. The summed E-state index contributed by atoms with van der Waals surface area (Å²) in [6.07, 6.45) is 0.643. The first-order valence-electron chi connectivity index (χ1n) is 9.12. The normalized spacial score (nSPS) is 11.1. The predicted octanol–water partition coefficient (Wildman–Crippen LogP) is 4.32. The quantitative estimate of drug-likeness (QED) is 0.563. The van der Waals surface area contributed by atoms with Crippen LogP contribution in [0.2, 0.25) is 0 Å². The summed E-state index contributed by atoms with van der Waals surface area (Å²) in [7, 11) is -3.71. The van der Waals surface area contributed by atoms with Gasteiger partial charge in [0.2, 0.25) is 5.91 Å². The number of sulfonamides is 1. The molecule has 0 aromatic heterocycles. The van der Waals surface area contributed by atoms with Crippen LogP contribution in [0.5, 0.6) is 0 Å². The molecule has 0 saturated carbocycles. The fraction of sp³-hybridized carbons (Fsp3) is 0.136. The molecule has 0 radical (unpaired) electrons. The molecule has 7 heteroatoms. The molecular formula is C22H22N2O3S2. The van der Waals surface area contributed by atoms with Crippen LogP contribution in [0.3, 0.4) is 0 Å². The van der Waals surface area contributed by atoms with Crippen LogP contribution in [0.25, 0.3) is 0 Å². The van der Waals surface area contributed by atoms with E-state index in [0.29, 0.717) is 18.7 Å². The zero-order chi connectivity index (χ0) is 20.7. The SMILES string of the molecule is CC(=O)NCCc1ccc(S(=O)(=O)Nc2ccccc2Sc2ccccc2)cc1. The average molecular weight is 427 g/mol. The van der Waals surface area contributed by atoms with Crippen LogP contribution in [-0.4, -0.2) is 20.9 Å². The summed E-state index contributed by atoms with van der Waals surface area (Å²) in [5.41, 5.74) is 1.49. The summed E-state index contributed by atoms with van der Waals surface area (Å²) in [5.74, 6) is -0.0829. The van der Waals surface area contributed by atoms with Gasteiger partial charge in [0, 0.05) is 23.3 Å². The van der Waals surface area contributed by atoms with Crippen molar-refractivity contribution in [3.63, 3.8) is 0 Å². The van der Waals surface area contributed by atoms with E-state index in [-0.39, 0.29) is 10.8 Å². The summed E-state index contributed by atoms with van der Waals surface area (Å²) in [6.45, 7) is 1.99. The zero-order valence-corrected chi connectivity index (χ0v) is 17.6. The molecule has 3 aromatic rings. The van der Waals surface area contributed by atoms with Crippen LogP contribution in [-0.2, 0) is 21.2 Å². The van der Waals surface area contributed by atoms with E-state index in [4.69, 9.17) is 0 Å². The van der Waals surface area contributed by atoms with Gasteiger partial charge in [0.1, 0.15) is 0 Å². The Morgan fingerprint density at radius 2 is 1.55 bits per heavy atom. The molecule has 0 atom stereocenters. The molecule has 2 N–H and O–H groups in total. The third-order valence-corrected chi connectivity index (χ3v) is 6.59. The number of carbonyl (C=O) groups excluding carboxylic acids is 1. The van der Waals surface area contributed by atoms with Gasteiger partial charge >= 0.3 is 0 Å². The van der Waals surface area contributed by atoms with Crippen molar-refractivity contribution < 1.29 is 13.2 Å². The number of hydrogen-bond acceptors (Lipinski definition) is 4. The minimum Gasteiger partial charge on any atom is -0.356 e. The minimum absolute atomic E-state index is 0.0829. The molecule has 0 saturated heterocycles. The van der Waals surface area contributed by atoms with E-state index in [1.807, 2.05) is 42.5 Å². The van der Waals surface area contributed by atoms with E-state index in [2.05, 4.69) is 10.0 Å². The van der Waals surface area contributed by atoms with Crippen LogP contribution >= 0.6 is 11.8 Å². The molecule has 5 nitrogen and oxygen atoms in total. The van der Waals surface area contributed by atoms with E-state index in [1.54, 1.807) is 36.4 Å². The number of para-hydroxylation sites is 1. The fourth-order valence-electron chi connectivity index (χ4n) is 2.68. The molecule has 0 aliphatic rings. The highest BCUT2D eigenvalue weighted by Gasteiger charge is 2.16. The lowest BCUT2D eigenvalue weighted by molar-refractivity contribution is -0.118. The van der Waals surface area contributed by atoms with Crippen LogP contribution in [0.1, 0.15) is 12.5 Å². The van der Waals surface area contributed by atoms with E-state index in [1.165, 1.54) is 18.7 Å². The molecule has 3 aromatic carbocycles. The minimum atomic E-state index is -3.71. The number of anilines is 1. The molecular weight excluding hydrogens is 404 g/mol. The van der Waals surface area contributed by atoms with Crippen LogP contribution in [0.15, 0.2) is 93.5 Å². The van der Waals surface area contributed by atoms with E-state index >= 15 is 0 Å². The van der Waals surface area contributed by atoms with Crippen molar-refractivity contribution in [1.29, 1.82) is 0 Å². The molecule has 0 heterocycles. The lowest BCUT2D eigenvalue weighted by atomic mass is 10.1. The first-order valence-corrected chi connectivity index (χ1v) is 11.4. The second kappa shape index (κ2) is 9.62. The Morgan fingerprint density at radius 3 is 2.24 bits per heavy atom. The number of nitrogens with one attached hydrogen (secondary N) is 2. The van der Waals surface area contributed by atoms with Gasteiger partial charge in [-0.2, -0.15) is 0 Å². The Balaban J connectivity index is 1.73. The summed E-state index contributed by atoms with van der Waals surface area (Å²) in [4.78, 5) is 13.0. The summed E-state index contributed by atoms with van der Waals surface area (Å²) < 4.78 is 28.4. The Labute approximate surface area is 175 Å². The van der Waals surface area contributed by atoms with Crippen LogP contribution in [0.4, 0.5) is 5.69 Å². The maximum atomic E-state index is 12.8. The Morgan fingerprint density at radius 1 is 0.897 bits per heavy atom. The Bertz CT molecular complexity index is 1070. The summed E-state index contributed by atoms with van der Waals surface area (Å²) >= 11 is 1.50. The van der Waals surface area contributed by atoms with Crippen LogP contribution < -0.4 is 10.0 Å². The maximum Gasteiger partial charge on any atom is 0.261 e. The largest absolute Gasteiger partial charge is 0.356 e. The fourth-order valence-corrected chi connectivity index (χ4v) is 4.74. The first-order chi connectivity index (χ1) is 13.9. The molecule has 0 fully saturated rings. The number of rotatable bonds is 8. The predicted molar refractivity (Wildman–Crippen MR) is 117 cm³/mol. The Kier molecular flexibility index (Phi) is 6.95. The van der Waals surface area contributed by atoms with Crippen molar-refractivity contribution in [2.75, 3.05) is 11.3 Å². The van der Waals surface area contributed by atoms with Gasteiger partial charge in [-0.25, -0.2) is 8.42 Å². The van der Waals surface area contributed by atoms with Gasteiger partial charge in [0.05, 0.1) is 10.6 Å². The summed E-state index contributed by atoms with van der Waals surface area (Å²) in [6, 6.07) is 23.8. The van der Waals surface area contributed by atoms with Crippen molar-refractivity contribution in [1.82, 2.24) is 5.32 Å². The molecule has 0 unspecified atom stereocenters. The van der Waals surface area contributed by atoms with Gasteiger partial charge in [-0.15, -0.1) is 0 Å². The van der Waals surface area contributed by atoms with Gasteiger partial charge in [0.15, 0.2) is 0 Å². The van der Waals surface area contributed by atoms with Gasteiger partial charge in [-0.05, 0) is 48.4 Å². The van der Waals surface area contributed by atoms with Crippen molar-refractivity contribution in [3.8, 4) is 0 Å². The van der Waals surface area contributed by atoms with Crippen molar-refractivity contribution in [2.24, 2.45) is 0 Å². The molecule has 0 bridgehead atoms. The monoisotopic (exact) mass is 426 g/mol. The molecule has 150 valence electrons. The zero-order valence-electron chi connectivity index (χ0n) is 16.0. The van der Waals surface area contributed by atoms with E-state index < -0.39 is 10.0 Å². The Hall–Kier alpha value is -2.77. The molecule has 29 heavy (non-hydrogen) atoms. The van der Waals surface area contributed by atoms with Crippen molar-refractivity contribution in [2.45, 2.75) is 28.0 Å². The van der Waals surface area contributed by atoms with Gasteiger partial charge in [-0.1, -0.05) is 54.2 Å². The standard InChI is InChI=1S/C22H22N2O3S2/c1-17(25)23-16-15-18-11-13-20(14-12-18)29(26,27)24-21-9-5-6-10-22(21)28-19-7-3-2-4-8-19/h2-14,24H,15-16H2,1H3,(H,23,25). The number of carbonyl (C=O) groups is 1. The van der Waals surface area contributed by atoms with Crippen LogP contribution in [0, 0.1) is 0 Å². The maximum absolute atomic E-state index is 12.8. The highest BCUT2D eigenvalue weighted by atomic mass is 32.2. The topological polar surface area (TPSA) is 75.3 Å². The lowest BCUT2D eigenvalue weighted by Gasteiger charge is -2.13. The molecule has 0 aliphatic heterocycles.